The molecule has 0 fully saturated rings. The number of nitrogens with one attached hydrogen (secondary N) is 2. The third kappa shape index (κ3) is 4.02. The van der Waals surface area contributed by atoms with Gasteiger partial charge in [-0.05, 0) is 30.7 Å². The van der Waals surface area contributed by atoms with Crippen LogP contribution in [0.3, 0.4) is 0 Å². The summed E-state index contributed by atoms with van der Waals surface area (Å²) in [6, 6.07) is 1.99. The van der Waals surface area contributed by atoms with Crippen LogP contribution < -0.4 is 10.6 Å². The predicted molar refractivity (Wildman–Crippen MR) is 81.3 cm³/mol. The zero-order valence-electron chi connectivity index (χ0n) is 10.2. The van der Waals surface area contributed by atoms with Gasteiger partial charge in [0.25, 0.3) is 5.91 Å². The molecule has 2 heterocycles. The van der Waals surface area contributed by atoms with E-state index >= 15 is 0 Å². The van der Waals surface area contributed by atoms with E-state index < -0.39 is 0 Å². The maximum absolute atomic E-state index is 12.0. The van der Waals surface area contributed by atoms with Crippen LogP contribution >= 0.6 is 35.5 Å². The van der Waals surface area contributed by atoms with Crippen LogP contribution in [0, 0.1) is 0 Å². The lowest BCUT2D eigenvalue weighted by atomic mass is 10.1. The number of carbonyl (C=O) groups excluding carboxylic acids is 1. The maximum Gasteiger partial charge on any atom is 0.262 e. The smallest absolute Gasteiger partial charge is 0.262 e. The minimum Gasteiger partial charge on any atom is -0.348 e. The molecule has 1 aromatic heterocycles. The summed E-state index contributed by atoms with van der Waals surface area (Å²) in [5.74, 6) is 0.0452. The molecule has 0 radical (unpaired) electrons. The summed E-state index contributed by atoms with van der Waals surface area (Å²) in [5.41, 5.74) is 1.32. The molecule has 3 nitrogen and oxygen atoms in total. The number of thioether (sulfide) groups is 1. The fourth-order valence-corrected chi connectivity index (χ4v) is 3.39. The highest BCUT2D eigenvalue weighted by atomic mass is 35.5. The highest BCUT2D eigenvalue weighted by Crippen LogP contribution is 2.25. The molecule has 6 heteroatoms. The minimum atomic E-state index is 0. The summed E-state index contributed by atoms with van der Waals surface area (Å²) in [6.45, 7) is 2.60. The number of halogens is 1. The second-order valence-electron chi connectivity index (χ2n) is 3.82. The Morgan fingerprint density at radius 3 is 3.11 bits per heavy atom. The van der Waals surface area contributed by atoms with Crippen molar-refractivity contribution >= 4 is 41.4 Å². The lowest BCUT2D eigenvalue weighted by Gasteiger charge is -2.14. The second-order valence-corrected chi connectivity index (χ2v) is 5.58. The first-order valence-electron chi connectivity index (χ1n) is 5.59. The molecule has 2 N–H and O–H groups in total. The van der Waals surface area contributed by atoms with E-state index in [1.165, 1.54) is 16.9 Å². The SMILES string of the molecule is CSc1ccsc1C(=O)NCC1=CCNCC1.Cl. The van der Waals surface area contributed by atoms with Gasteiger partial charge in [0.1, 0.15) is 4.88 Å². The van der Waals surface area contributed by atoms with E-state index in [1.54, 1.807) is 11.8 Å². The van der Waals surface area contributed by atoms with Crippen molar-refractivity contribution in [1.29, 1.82) is 0 Å². The summed E-state index contributed by atoms with van der Waals surface area (Å²) in [7, 11) is 0. The molecule has 0 unspecified atom stereocenters. The second kappa shape index (κ2) is 7.84. The number of rotatable bonds is 4. The predicted octanol–water partition coefficient (Wildman–Crippen LogP) is 2.54. The van der Waals surface area contributed by atoms with Crippen LogP contribution in [-0.2, 0) is 0 Å². The lowest BCUT2D eigenvalue weighted by Crippen LogP contribution is -2.29. The number of carbonyl (C=O) groups is 1. The number of amides is 1. The molecular weight excluding hydrogens is 288 g/mol. The molecule has 2 rings (SSSR count). The minimum absolute atomic E-state index is 0. The number of hydrogen-bond donors (Lipinski definition) is 2. The average Bonchev–Trinajstić information content (AvgIpc) is 2.85. The Bertz CT molecular complexity index is 431. The zero-order chi connectivity index (χ0) is 12.1. The van der Waals surface area contributed by atoms with Crippen molar-refractivity contribution in [3.05, 3.63) is 28.0 Å². The van der Waals surface area contributed by atoms with Crippen molar-refractivity contribution in [3.63, 3.8) is 0 Å². The van der Waals surface area contributed by atoms with Crippen LogP contribution in [0.2, 0.25) is 0 Å². The van der Waals surface area contributed by atoms with Gasteiger partial charge in [-0.1, -0.05) is 11.6 Å². The summed E-state index contributed by atoms with van der Waals surface area (Å²) < 4.78 is 0. The highest BCUT2D eigenvalue weighted by molar-refractivity contribution is 7.98. The molecule has 0 aromatic carbocycles. The van der Waals surface area contributed by atoms with Crippen LogP contribution in [-0.4, -0.2) is 31.8 Å². The summed E-state index contributed by atoms with van der Waals surface area (Å²) in [6.07, 6.45) is 5.18. The highest BCUT2D eigenvalue weighted by Gasteiger charge is 2.12. The van der Waals surface area contributed by atoms with Crippen molar-refractivity contribution in [2.45, 2.75) is 11.3 Å². The van der Waals surface area contributed by atoms with Gasteiger partial charge in [-0.25, -0.2) is 0 Å². The molecule has 0 saturated heterocycles. The van der Waals surface area contributed by atoms with E-state index in [-0.39, 0.29) is 18.3 Å². The largest absolute Gasteiger partial charge is 0.348 e. The first-order chi connectivity index (χ1) is 8.31. The molecule has 1 aromatic rings. The van der Waals surface area contributed by atoms with Crippen molar-refractivity contribution in [2.24, 2.45) is 0 Å². The lowest BCUT2D eigenvalue weighted by molar-refractivity contribution is 0.0958. The Kier molecular flexibility index (Phi) is 6.78. The van der Waals surface area contributed by atoms with Crippen LogP contribution in [0.1, 0.15) is 16.1 Å². The molecule has 18 heavy (non-hydrogen) atoms. The standard InChI is InChI=1S/C12H16N2OS2.ClH/c1-16-10-4-7-17-11(10)12(15)14-8-9-2-5-13-6-3-9;/h2,4,7,13H,3,5-6,8H2,1H3,(H,14,15);1H. The van der Waals surface area contributed by atoms with E-state index in [0.717, 1.165) is 29.3 Å². The van der Waals surface area contributed by atoms with Gasteiger partial charge in [-0.2, -0.15) is 0 Å². The first-order valence-corrected chi connectivity index (χ1v) is 7.70. The molecular formula is C12H17ClN2OS2. The van der Waals surface area contributed by atoms with Gasteiger partial charge in [-0.15, -0.1) is 35.5 Å². The van der Waals surface area contributed by atoms with Gasteiger partial charge in [0, 0.05) is 18.0 Å². The number of hydrogen-bond acceptors (Lipinski definition) is 4. The molecule has 0 saturated carbocycles. The quantitative estimate of drug-likeness (QED) is 0.663. The van der Waals surface area contributed by atoms with Crippen molar-refractivity contribution in [3.8, 4) is 0 Å². The molecule has 0 bridgehead atoms. The molecule has 1 aliphatic heterocycles. The summed E-state index contributed by atoms with van der Waals surface area (Å²) in [4.78, 5) is 13.9. The third-order valence-corrected chi connectivity index (χ3v) is 4.51. The average molecular weight is 305 g/mol. The van der Waals surface area contributed by atoms with Crippen LogP contribution in [0.5, 0.6) is 0 Å². The van der Waals surface area contributed by atoms with E-state index in [9.17, 15) is 4.79 Å². The Hall–Kier alpha value is -0.490. The molecule has 0 atom stereocenters. The fraction of sp³-hybridized carbons (Fsp3) is 0.417. The molecule has 0 spiro atoms. The van der Waals surface area contributed by atoms with Crippen LogP contribution in [0.25, 0.3) is 0 Å². The van der Waals surface area contributed by atoms with Crippen molar-refractivity contribution < 1.29 is 4.79 Å². The molecule has 1 amide bonds. The number of thiophene rings is 1. The Morgan fingerprint density at radius 1 is 1.61 bits per heavy atom. The summed E-state index contributed by atoms with van der Waals surface area (Å²) in [5, 5.41) is 8.21. The van der Waals surface area contributed by atoms with Gasteiger partial charge in [0.2, 0.25) is 0 Å². The molecule has 0 aliphatic carbocycles. The van der Waals surface area contributed by atoms with Gasteiger partial charge < -0.3 is 10.6 Å². The first kappa shape index (κ1) is 15.6. The summed E-state index contributed by atoms with van der Waals surface area (Å²) >= 11 is 3.12. The fourth-order valence-electron chi connectivity index (χ4n) is 1.73. The van der Waals surface area contributed by atoms with Crippen molar-refractivity contribution in [1.82, 2.24) is 10.6 Å². The Balaban J connectivity index is 0.00000162. The third-order valence-electron chi connectivity index (χ3n) is 2.69. The van der Waals surface area contributed by atoms with E-state index in [2.05, 4.69) is 16.7 Å². The zero-order valence-corrected chi connectivity index (χ0v) is 12.6. The maximum atomic E-state index is 12.0. The van der Waals surface area contributed by atoms with Gasteiger partial charge >= 0.3 is 0 Å². The Morgan fingerprint density at radius 2 is 2.44 bits per heavy atom. The van der Waals surface area contributed by atoms with Gasteiger partial charge in [-0.3, -0.25) is 4.79 Å². The topological polar surface area (TPSA) is 41.1 Å². The van der Waals surface area contributed by atoms with E-state index in [1.807, 2.05) is 17.7 Å². The normalized spacial score (nSPS) is 14.6. The van der Waals surface area contributed by atoms with Gasteiger partial charge in [0.15, 0.2) is 0 Å². The molecule has 1 aliphatic rings. The van der Waals surface area contributed by atoms with Crippen molar-refractivity contribution in [2.75, 3.05) is 25.9 Å². The van der Waals surface area contributed by atoms with E-state index in [4.69, 9.17) is 0 Å². The monoisotopic (exact) mass is 304 g/mol. The van der Waals surface area contributed by atoms with Gasteiger partial charge in [0.05, 0.1) is 0 Å². The molecule has 100 valence electrons. The van der Waals surface area contributed by atoms with Crippen LogP contribution in [0.4, 0.5) is 0 Å². The van der Waals surface area contributed by atoms with E-state index in [0.29, 0.717) is 6.54 Å². The van der Waals surface area contributed by atoms with Crippen LogP contribution in [0.15, 0.2) is 28.0 Å². The Labute approximate surface area is 122 Å².